The largest absolute Gasteiger partial charge is 0.314 e. The van der Waals surface area contributed by atoms with Gasteiger partial charge in [0, 0.05) is 11.7 Å². The molecule has 21 heavy (non-hydrogen) atoms. The first kappa shape index (κ1) is 14.4. The van der Waals surface area contributed by atoms with Crippen molar-refractivity contribution in [1.82, 2.24) is 14.9 Å². The zero-order chi connectivity index (χ0) is 14.8. The van der Waals surface area contributed by atoms with Crippen LogP contribution in [0.1, 0.15) is 55.6 Å². The minimum Gasteiger partial charge on any atom is -0.314 e. The van der Waals surface area contributed by atoms with E-state index in [4.69, 9.17) is 0 Å². The van der Waals surface area contributed by atoms with Gasteiger partial charge in [0.15, 0.2) is 5.82 Å². The van der Waals surface area contributed by atoms with E-state index in [9.17, 15) is 0 Å². The van der Waals surface area contributed by atoms with Crippen molar-refractivity contribution in [2.45, 2.75) is 50.7 Å². The lowest BCUT2D eigenvalue weighted by atomic mass is 10.0. The smallest absolute Gasteiger partial charge is 0.210 e. The molecule has 0 fully saturated rings. The van der Waals surface area contributed by atoms with Gasteiger partial charge in [-0.15, -0.1) is 10.2 Å². The van der Waals surface area contributed by atoms with Crippen LogP contribution in [0, 0.1) is 6.92 Å². The first-order valence-electron chi connectivity index (χ1n) is 7.64. The fourth-order valence-electron chi connectivity index (χ4n) is 2.73. The molecule has 1 atom stereocenters. The predicted octanol–water partition coefficient (Wildman–Crippen LogP) is 3.88. The second-order valence-corrected chi connectivity index (χ2v) is 6.58. The van der Waals surface area contributed by atoms with Gasteiger partial charge in [-0.2, -0.15) is 0 Å². The van der Waals surface area contributed by atoms with Crippen molar-refractivity contribution in [2.75, 3.05) is 11.2 Å². The number of thioether (sulfide) groups is 1. The maximum absolute atomic E-state index is 4.41. The molecule has 1 aromatic heterocycles. The van der Waals surface area contributed by atoms with Gasteiger partial charge in [0.05, 0.1) is 6.04 Å². The second-order valence-electron chi connectivity index (χ2n) is 5.59. The van der Waals surface area contributed by atoms with Crippen LogP contribution in [0.5, 0.6) is 0 Å². The summed E-state index contributed by atoms with van der Waals surface area (Å²) in [5.41, 5.74) is 6.22. The average molecular weight is 302 g/mol. The van der Waals surface area contributed by atoms with Crippen LogP contribution in [-0.2, 0) is 0 Å². The highest BCUT2D eigenvalue weighted by molar-refractivity contribution is 7.99. The Morgan fingerprint density at radius 2 is 1.95 bits per heavy atom. The summed E-state index contributed by atoms with van der Waals surface area (Å²) < 4.78 is 2.11. The summed E-state index contributed by atoms with van der Waals surface area (Å²) in [4.78, 5) is 0. The number of nitrogens with zero attached hydrogens (tertiary/aromatic N) is 3. The van der Waals surface area contributed by atoms with E-state index in [-0.39, 0.29) is 0 Å². The molecule has 5 heteroatoms. The normalized spacial score (nSPS) is 17.6. The number of benzene rings is 1. The van der Waals surface area contributed by atoms with E-state index in [1.54, 1.807) is 11.8 Å². The number of aromatic nitrogens is 3. The number of nitrogens with one attached hydrogen (secondary N) is 1. The molecule has 3 rings (SSSR count). The van der Waals surface area contributed by atoms with E-state index in [1.807, 2.05) is 0 Å². The molecule has 0 bridgehead atoms. The van der Waals surface area contributed by atoms with Crippen molar-refractivity contribution in [1.29, 1.82) is 0 Å². The number of hydrogen-bond acceptors (Lipinski definition) is 4. The van der Waals surface area contributed by atoms with E-state index < -0.39 is 0 Å². The number of hydrogen-bond donors (Lipinski definition) is 1. The Morgan fingerprint density at radius 3 is 2.62 bits per heavy atom. The molecule has 0 saturated carbocycles. The second kappa shape index (κ2) is 6.10. The summed E-state index contributed by atoms with van der Waals surface area (Å²) in [6, 6.07) is 9.07. The monoisotopic (exact) mass is 302 g/mol. The summed E-state index contributed by atoms with van der Waals surface area (Å²) in [5.74, 6) is 2.53. The molecule has 1 N–H and O–H groups in total. The molecular formula is C16H22N4S. The third-order valence-electron chi connectivity index (χ3n) is 4.15. The van der Waals surface area contributed by atoms with Crippen molar-refractivity contribution in [3.05, 3.63) is 41.2 Å². The first-order chi connectivity index (χ1) is 10.2. The third kappa shape index (κ3) is 2.79. The van der Waals surface area contributed by atoms with Crippen LogP contribution in [0.25, 0.3) is 0 Å². The third-order valence-corrected chi connectivity index (χ3v) is 5.18. The summed E-state index contributed by atoms with van der Waals surface area (Å²) in [7, 11) is 0. The van der Waals surface area contributed by atoms with Crippen LogP contribution >= 0.6 is 11.8 Å². The number of rotatable bonds is 4. The van der Waals surface area contributed by atoms with Gasteiger partial charge < -0.3 is 5.43 Å². The van der Waals surface area contributed by atoms with E-state index in [1.165, 1.54) is 11.1 Å². The van der Waals surface area contributed by atoms with E-state index >= 15 is 0 Å². The molecule has 2 heterocycles. The lowest BCUT2D eigenvalue weighted by Gasteiger charge is -2.27. The van der Waals surface area contributed by atoms with Gasteiger partial charge in [0.2, 0.25) is 5.16 Å². The molecule has 0 saturated heterocycles. The molecule has 0 radical (unpaired) electrons. The highest BCUT2D eigenvalue weighted by atomic mass is 32.2. The van der Waals surface area contributed by atoms with Gasteiger partial charge in [-0.25, -0.2) is 4.68 Å². The first-order valence-corrected chi connectivity index (χ1v) is 8.62. The fraction of sp³-hybridized carbons (Fsp3) is 0.500. The minimum atomic E-state index is 0.312. The Bertz CT molecular complexity index is 601. The van der Waals surface area contributed by atoms with E-state index in [0.717, 1.165) is 29.6 Å². The summed E-state index contributed by atoms with van der Waals surface area (Å²) in [6.45, 7) is 6.54. The standard InChI is InChI=1S/C16H22N4S/c1-4-12(5-2)15-17-18-16-20(15)19-14(10-21-16)13-8-6-11(3)7-9-13/h6-9,12,14,19H,4-5,10H2,1-3H3. The van der Waals surface area contributed by atoms with E-state index in [2.05, 4.69) is 65.3 Å². The molecule has 0 aliphatic carbocycles. The molecule has 1 aliphatic rings. The van der Waals surface area contributed by atoms with Crippen molar-refractivity contribution in [2.24, 2.45) is 0 Å². The quantitative estimate of drug-likeness (QED) is 0.930. The van der Waals surface area contributed by atoms with Gasteiger partial charge in [0.25, 0.3) is 0 Å². The molecular weight excluding hydrogens is 280 g/mol. The summed E-state index contributed by atoms with van der Waals surface area (Å²) in [6.07, 6.45) is 2.19. The van der Waals surface area contributed by atoms with Crippen LogP contribution in [0.15, 0.2) is 29.4 Å². The average Bonchev–Trinajstić information content (AvgIpc) is 2.93. The lowest BCUT2D eigenvalue weighted by molar-refractivity contribution is 0.547. The molecule has 4 nitrogen and oxygen atoms in total. The van der Waals surface area contributed by atoms with Crippen molar-refractivity contribution in [3.63, 3.8) is 0 Å². The van der Waals surface area contributed by atoms with Gasteiger partial charge >= 0.3 is 0 Å². The van der Waals surface area contributed by atoms with Crippen LogP contribution in [0.3, 0.4) is 0 Å². The lowest BCUT2D eigenvalue weighted by Crippen LogP contribution is -2.29. The number of fused-ring (bicyclic) bond motifs is 1. The predicted molar refractivity (Wildman–Crippen MR) is 87.3 cm³/mol. The highest BCUT2D eigenvalue weighted by Gasteiger charge is 2.26. The Hall–Kier alpha value is -1.49. The maximum Gasteiger partial charge on any atom is 0.210 e. The molecule has 0 spiro atoms. The number of aryl methyl sites for hydroxylation is 1. The molecule has 2 aromatic rings. The molecule has 112 valence electrons. The SMILES string of the molecule is CCC(CC)c1nnc2n1NC(c1ccc(C)cc1)CS2. The Kier molecular flexibility index (Phi) is 4.19. The topological polar surface area (TPSA) is 42.7 Å². The molecule has 0 amide bonds. The van der Waals surface area contributed by atoms with Gasteiger partial charge in [0.1, 0.15) is 0 Å². The zero-order valence-corrected chi connectivity index (χ0v) is 13.7. The Morgan fingerprint density at radius 1 is 1.24 bits per heavy atom. The van der Waals surface area contributed by atoms with Gasteiger partial charge in [-0.3, -0.25) is 0 Å². The molecule has 1 unspecified atom stereocenters. The van der Waals surface area contributed by atoms with Crippen LogP contribution in [0.4, 0.5) is 0 Å². The maximum atomic E-state index is 4.41. The molecule has 1 aliphatic heterocycles. The van der Waals surface area contributed by atoms with Crippen LogP contribution < -0.4 is 5.43 Å². The summed E-state index contributed by atoms with van der Waals surface area (Å²) in [5, 5.41) is 9.73. The van der Waals surface area contributed by atoms with Crippen molar-refractivity contribution < 1.29 is 0 Å². The van der Waals surface area contributed by atoms with Crippen LogP contribution in [0.2, 0.25) is 0 Å². The van der Waals surface area contributed by atoms with E-state index in [0.29, 0.717) is 12.0 Å². The zero-order valence-electron chi connectivity index (χ0n) is 12.8. The fourth-order valence-corrected chi connectivity index (χ4v) is 3.69. The van der Waals surface area contributed by atoms with Gasteiger partial charge in [-0.05, 0) is 25.3 Å². The Labute approximate surface area is 130 Å². The minimum absolute atomic E-state index is 0.312. The summed E-state index contributed by atoms with van der Waals surface area (Å²) >= 11 is 1.78. The molecule has 1 aromatic carbocycles. The van der Waals surface area contributed by atoms with Crippen molar-refractivity contribution >= 4 is 11.8 Å². The van der Waals surface area contributed by atoms with Crippen molar-refractivity contribution in [3.8, 4) is 0 Å². The highest BCUT2D eigenvalue weighted by Crippen LogP contribution is 2.32. The van der Waals surface area contributed by atoms with Crippen LogP contribution in [-0.4, -0.2) is 20.6 Å². The van der Waals surface area contributed by atoms with Gasteiger partial charge in [-0.1, -0.05) is 55.4 Å². The Balaban J connectivity index is 1.87.